The molecular weight excluding hydrogens is 414 g/mol. The number of hydrogen-bond acceptors (Lipinski definition) is 7. The summed E-state index contributed by atoms with van der Waals surface area (Å²) in [5.74, 6) is 0.0894. The minimum Gasteiger partial charge on any atom is -0.505 e. The van der Waals surface area contributed by atoms with Gasteiger partial charge in [-0.25, -0.2) is 9.78 Å². The first-order valence-corrected chi connectivity index (χ1v) is 10.7. The molecule has 2 N–H and O–H groups in total. The van der Waals surface area contributed by atoms with E-state index in [1.165, 1.54) is 11.3 Å². The Bertz CT molecular complexity index is 1200. The summed E-state index contributed by atoms with van der Waals surface area (Å²) < 4.78 is 11.3. The molecule has 31 heavy (non-hydrogen) atoms. The van der Waals surface area contributed by atoms with E-state index in [1.54, 1.807) is 6.07 Å². The average Bonchev–Trinajstić information content (AvgIpc) is 3.24. The number of pyridine rings is 1. The van der Waals surface area contributed by atoms with Crippen LogP contribution in [0.2, 0.25) is 0 Å². The van der Waals surface area contributed by atoms with Crippen LogP contribution in [-0.2, 0) is 4.74 Å². The maximum Gasteiger partial charge on any atom is 0.360 e. The van der Waals surface area contributed by atoms with Gasteiger partial charge in [0, 0.05) is 10.3 Å². The Morgan fingerprint density at radius 1 is 1.03 bits per heavy atom. The molecule has 0 aliphatic heterocycles. The zero-order valence-corrected chi connectivity index (χ0v) is 17.7. The fourth-order valence-corrected chi connectivity index (χ4v) is 4.10. The second kappa shape index (κ2) is 9.06. The summed E-state index contributed by atoms with van der Waals surface area (Å²) in [5, 5.41) is 21.3. The van der Waals surface area contributed by atoms with Crippen LogP contribution < -0.4 is 4.74 Å². The standard InChI is InChI=1S/C24H21NO5S/c1-2-3-13-29-24(28)20-21(26)18-14-19(31-22(18)23(27)25-20)15-9-11-17(12-10-15)30-16-7-5-4-6-8-16/h4-12,14,26H,2-3,13H2,1H3,(H,25,27). The number of ether oxygens (including phenoxy) is 2. The molecule has 2 heterocycles. The lowest BCUT2D eigenvalue weighted by atomic mass is 10.1. The second-order valence-corrected chi connectivity index (χ2v) is 7.97. The van der Waals surface area contributed by atoms with E-state index in [0.717, 1.165) is 22.6 Å². The van der Waals surface area contributed by atoms with Gasteiger partial charge in [-0.1, -0.05) is 31.5 Å². The van der Waals surface area contributed by atoms with E-state index in [4.69, 9.17) is 9.47 Å². The smallest absolute Gasteiger partial charge is 0.360 e. The molecule has 0 bridgehead atoms. The molecule has 0 unspecified atom stereocenters. The van der Waals surface area contributed by atoms with Crippen molar-refractivity contribution >= 4 is 27.4 Å². The van der Waals surface area contributed by atoms with Crippen molar-refractivity contribution in [1.82, 2.24) is 4.98 Å². The van der Waals surface area contributed by atoms with Crippen LogP contribution in [0.1, 0.15) is 30.3 Å². The number of fused-ring (bicyclic) bond motifs is 1. The quantitative estimate of drug-likeness (QED) is 0.268. The van der Waals surface area contributed by atoms with Crippen molar-refractivity contribution in [3.8, 4) is 33.6 Å². The van der Waals surface area contributed by atoms with Gasteiger partial charge < -0.3 is 19.7 Å². The molecule has 0 saturated carbocycles. The molecule has 0 spiro atoms. The summed E-state index contributed by atoms with van der Waals surface area (Å²) in [6, 6.07) is 18.7. The summed E-state index contributed by atoms with van der Waals surface area (Å²) >= 11 is 1.28. The first-order valence-electron chi connectivity index (χ1n) is 9.92. The minimum absolute atomic E-state index is 0.238. The molecule has 2 aromatic heterocycles. The lowest BCUT2D eigenvalue weighted by Crippen LogP contribution is -2.08. The largest absolute Gasteiger partial charge is 0.505 e. The number of aromatic nitrogens is 1. The molecule has 0 amide bonds. The topological polar surface area (TPSA) is 88.9 Å². The molecule has 4 aromatic rings. The van der Waals surface area contributed by atoms with Crippen molar-refractivity contribution in [2.75, 3.05) is 6.61 Å². The maximum atomic E-state index is 12.2. The van der Waals surface area contributed by atoms with E-state index in [2.05, 4.69) is 4.98 Å². The SMILES string of the molecule is CCCCOC(=O)c1nc(O)c2sc(-c3ccc(Oc4ccccc4)cc3)cc2c1O. The van der Waals surface area contributed by atoms with E-state index >= 15 is 0 Å². The molecule has 158 valence electrons. The first-order chi connectivity index (χ1) is 15.1. The monoisotopic (exact) mass is 435 g/mol. The Hall–Kier alpha value is -3.58. The molecular formula is C24H21NO5S. The summed E-state index contributed by atoms with van der Waals surface area (Å²) in [7, 11) is 0. The van der Waals surface area contributed by atoms with Crippen molar-refractivity contribution in [1.29, 1.82) is 0 Å². The molecule has 6 nitrogen and oxygen atoms in total. The Kier molecular flexibility index (Phi) is 6.04. The zero-order chi connectivity index (χ0) is 21.8. The number of rotatable bonds is 7. The number of benzene rings is 2. The van der Waals surface area contributed by atoms with Crippen molar-refractivity contribution in [3.63, 3.8) is 0 Å². The minimum atomic E-state index is -0.752. The van der Waals surface area contributed by atoms with Crippen molar-refractivity contribution in [3.05, 3.63) is 66.4 Å². The van der Waals surface area contributed by atoms with Gasteiger partial charge in [0.15, 0.2) is 11.4 Å². The Balaban J connectivity index is 1.61. The van der Waals surface area contributed by atoms with Crippen LogP contribution >= 0.6 is 11.3 Å². The van der Waals surface area contributed by atoms with E-state index in [-0.39, 0.29) is 23.9 Å². The third-order valence-corrected chi connectivity index (χ3v) is 5.85. The average molecular weight is 436 g/mol. The number of carbonyl (C=O) groups excluding carboxylic acids is 1. The van der Waals surface area contributed by atoms with Crippen molar-refractivity contribution in [2.24, 2.45) is 0 Å². The van der Waals surface area contributed by atoms with E-state index in [1.807, 2.05) is 61.5 Å². The Labute approximate surface area is 183 Å². The number of carbonyl (C=O) groups is 1. The molecule has 2 aromatic carbocycles. The molecule has 0 saturated heterocycles. The number of hydrogen-bond donors (Lipinski definition) is 2. The number of unbranched alkanes of at least 4 members (excludes halogenated alkanes) is 1. The number of esters is 1. The molecule has 0 aliphatic rings. The highest BCUT2D eigenvalue weighted by Crippen LogP contribution is 2.43. The van der Waals surface area contributed by atoms with Crippen LogP contribution in [0.5, 0.6) is 23.1 Å². The van der Waals surface area contributed by atoms with E-state index in [0.29, 0.717) is 22.3 Å². The highest BCUT2D eigenvalue weighted by molar-refractivity contribution is 7.22. The molecule has 4 rings (SSSR count). The van der Waals surface area contributed by atoms with Gasteiger partial charge >= 0.3 is 5.97 Å². The molecule has 0 radical (unpaired) electrons. The van der Waals surface area contributed by atoms with Crippen LogP contribution in [0, 0.1) is 0 Å². The second-order valence-electron chi connectivity index (χ2n) is 6.92. The summed E-state index contributed by atoms with van der Waals surface area (Å²) in [6.07, 6.45) is 1.59. The zero-order valence-electron chi connectivity index (χ0n) is 16.9. The van der Waals surface area contributed by atoms with E-state index in [9.17, 15) is 15.0 Å². The molecule has 0 fully saturated rings. The number of nitrogens with zero attached hydrogens (tertiary/aromatic N) is 1. The third-order valence-electron chi connectivity index (χ3n) is 4.67. The number of thiophene rings is 1. The van der Waals surface area contributed by atoms with Gasteiger partial charge in [-0.05, 0) is 54.4 Å². The van der Waals surface area contributed by atoms with Gasteiger partial charge in [0.1, 0.15) is 16.2 Å². The van der Waals surface area contributed by atoms with Crippen molar-refractivity contribution in [2.45, 2.75) is 19.8 Å². The molecule has 0 atom stereocenters. The van der Waals surface area contributed by atoms with Crippen LogP contribution in [0.15, 0.2) is 60.7 Å². The highest BCUT2D eigenvalue weighted by Gasteiger charge is 2.22. The maximum absolute atomic E-state index is 12.2. The predicted molar refractivity (Wildman–Crippen MR) is 120 cm³/mol. The molecule has 0 aliphatic carbocycles. The predicted octanol–water partition coefficient (Wildman–Crippen LogP) is 6.12. The van der Waals surface area contributed by atoms with Gasteiger partial charge in [-0.2, -0.15) is 0 Å². The van der Waals surface area contributed by atoms with Crippen molar-refractivity contribution < 1.29 is 24.5 Å². The van der Waals surface area contributed by atoms with Gasteiger partial charge in [0.25, 0.3) is 0 Å². The third kappa shape index (κ3) is 4.46. The first kappa shape index (κ1) is 20.7. The Morgan fingerprint density at radius 2 is 1.74 bits per heavy atom. The van der Waals surface area contributed by atoms with Crippen LogP contribution in [0.25, 0.3) is 20.5 Å². The Morgan fingerprint density at radius 3 is 2.45 bits per heavy atom. The van der Waals surface area contributed by atoms with Crippen LogP contribution in [0.4, 0.5) is 0 Å². The van der Waals surface area contributed by atoms with Gasteiger partial charge in [-0.3, -0.25) is 0 Å². The lowest BCUT2D eigenvalue weighted by Gasteiger charge is -2.06. The highest BCUT2D eigenvalue weighted by atomic mass is 32.1. The lowest BCUT2D eigenvalue weighted by molar-refractivity contribution is 0.0488. The van der Waals surface area contributed by atoms with Crippen LogP contribution in [-0.4, -0.2) is 27.8 Å². The summed E-state index contributed by atoms with van der Waals surface area (Å²) in [5.41, 5.74) is 0.601. The van der Waals surface area contributed by atoms with Gasteiger partial charge in [0.05, 0.1) is 6.61 Å². The number of aromatic hydroxyl groups is 2. The fourth-order valence-electron chi connectivity index (χ4n) is 3.04. The van der Waals surface area contributed by atoms with Gasteiger partial charge in [-0.15, -0.1) is 11.3 Å². The summed E-state index contributed by atoms with van der Waals surface area (Å²) in [6.45, 7) is 2.22. The van der Waals surface area contributed by atoms with E-state index < -0.39 is 5.97 Å². The normalized spacial score (nSPS) is 10.9. The molecule has 7 heteroatoms. The number of para-hydroxylation sites is 1. The van der Waals surface area contributed by atoms with Gasteiger partial charge in [0.2, 0.25) is 5.88 Å². The van der Waals surface area contributed by atoms with Crippen LogP contribution in [0.3, 0.4) is 0 Å². The fraction of sp³-hybridized carbons (Fsp3) is 0.167. The summed E-state index contributed by atoms with van der Waals surface area (Å²) in [4.78, 5) is 16.9.